The number of benzene rings is 1. The molecule has 0 saturated heterocycles. The highest BCUT2D eigenvalue weighted by molar-refractivity contribution is 5.72. The third-order valence-corrected chi connectivity index (χ3v) is 7.60. The van der Waals surface area contributed by atoms with Gasteiger partial charge in [-0.25, -0.2) is 4.98 Å². The highest BCUT2D eigenvalue weighted by atomic mass is 16.3. The fraction of sp³-hybridized carbons (Fsp3) is 0.600. The first-order valence-electron chi connectivity index (χ1n) is 11.8. The molecule has 0 unspecified atom stereocenters. The van der Waals surface area contributed by atoms with Crippen molar-refractivity contribution in [3.63, 3.8) is 0 Å². The summed E-state index contributed by atoms with van der Waals surface area (Å²) in [5.74, 6) is 0.965. The third kappa shape index (κ3) is 3.37. The third-order valence-electron chi connectivity index (χ3n) is 7.60. The summed E-state index contributed by atoms with van der Waals surface area (Å²) in [6.07, 6.45) is 12.1. The first kappa shape index (κ1) is 19.8. The smallest absolute Gasteiger partial charge is 0.293 e. The van der Waals surface area contributed by atoms with Gasteiger partial charge in [-0.3, -0.25) is 4.79 Å². The van der Waals surface area contributed by atoms with Gasteiger partial charge >= 0.3 is 0 Å². The van der Waals surface area contributed by atoms with Crippen LogP contribution in [0.15, 0.2) is 29.1 Å². The summed E-state index contributed by atoms with van der Waals surface area (Å²) >= 11 is 0. The fourth-order valence-electron chi connectivity index (χ4n) is 6.21. The maximum absolute atomic E-state index is 13.6. The van der Waals surface area contributed by atoms with Crippen molar-refractivity contribution >= 4 is 5.82 Å². The Bertz CT molecular complexity index is 969. The minimum Gasteiger partial charge on any atom is -0.395 e. The lowest BCUT2D eigenvalue weighted by Gasteiger charge is -2.39. The van der Waals surface area contributed by atoms with E-state index < -0.39 is 0 Å². The number of aromatic nitrogens is 2. The molecule has 3 aliphatic rings. The van der Waals surface area contributed by atoms with Crippen molar-refractivity contribution in [3.8, 4) is 11.3 Å². The predicted octanol–water partition coefficient (Wildman–Crippen LogP) is 4.26. The first-order chi connectivity index (χ1) is 14.7. The van der Waals surface area contributed by atoms with Crippen LogP contribution < -0.4 is 10.9 Å². The molecular weight excluding hydrogens is 374 g/mol. The molecule has 2 N–H and O–H groups in total. The lowest BCUT2D eigenvalue weighted by Crippen LogP contribution is -2.41. The molecule has 3 aliphatic carbocycles. The van der Waals surface area contributed by atoms with Crippen molar-refractivity contribution in [2.24, 2.45) is 5.92 Å². The number of nitrogens with zero attached hydrogens (tertiary/aromatic N) is 2. The monoisotopic (exact) mass is 407 g/mol. The van der Waals surface area contributed by atoms with Crippen molar-refractivity contribution in [1.29, 1.82) is 0 Å². The normalized spacial score (nSPS) is 20.2. The van der Waals surface area contributed by atoms with Gasteiger partial charge < -0.3 is 15.0 Å². The van der Waals surface area contributed by atoms with Crippen molar-refractivity contribution in [3.05, 3.63) is 45.9 Å². The van der Waals surface area contributed by atoms with Crippen molar-refractivity contribution in [2.45, 2.75) is 76.2 Å². The molecule has 0 aliphatic heterocycles. The lowest BCUT2D eigenvalue weighted by atomic mass is 9.70. The fourth-order valence-corrected chi connectivity index (χ4v) is 6.21. The van der Waals surface area contributed by atoms with E-state index >= 15 is 0 Å². The minimum absolute atomic E-state index is 0.00145. The zero-order valence-electron chi connectivity index (χ0n) is 17.8. The molecule has 1 aromatic heterocycles. The van der Waals surface area contributed by atoms with Crippen LogP contribution >= 0.6 is 0 Å². The topological polar surface area (TPSA) is 67.2 Å². The van der Waals surface area contributed by atoms with E-state index in [0.717, 1.165) is 31.5 Å². The number of fused-ring (bicyclic) bond motifs is 4. The van der Waals surface area contributed by atoms with Crippen LogP contribution in [0.25, 0.3) is 11.3 Å². The minimum atomic E-state index is -0.0125. The molecule has 0 atom stereocenters. The Kier molecular flexibility index (Phi) is 5.40. The van der Waals surface area contributed by atoms with Crippen molar-refractivity contribution in [1.82, 2.24) is 9.55 Å². The van der Waals surface area contributed by atoms with Crippen LogP contribution in [0.1, 0.15) is 69.0 Å². The van der Waals surface area contributed by atoms with Gasteiger partial charge in [-0.1, -0.05) is 56.4 Å². The Morgan fingerprint density at radius 2 is 1.87 bits per heavy atom. The van der Waals surface area contributed by atoms with Crippen molar-refractivity contribution < 1.29 is 5.11 Å². The zero-order chi connectivity index (χ0) is 20.6. The van der Waals surface area contributed by atoms with Gasteiger partial charge in [0.05, 0.1) is 18.0 Å². The lowest BCUT2D eigenvalue weighted by molar-refractivity contribution is 0.296. The van der Waals surface area contributed by atoms with Crippen LogP contribution in [-0.2, 0) is 18.4 Å². The standard InChI is InChI=1S/C25H33N3O2/c29-15-14-26-23-24(30)28(17-18-8-2-1-3-9-18)22-21(27-23)20-11-5-4-10-19(20)16-25(22)12-6-7-13-25/h4-5,10-11,18,29H,1-3,6-9,12-17H2,(H,26,27). The van der Waals surface area contributed by atoms with E-state index in [1.54, 1.807) is 0 Å². The number of rotatable bonds is 5. The largest absolute Gasteiger partial charge is 0.395 e. The van der Waals surface area contributed by atoms with Crippen LogP contribution in [0, 0.1) is 5.92 Å². The van der Waals surface area contributed by atoms with Gasteiger partial charge in [0, 0.05) is 24.1 Å². The van der Waals surface area contributed by atoms with Gasteiger partial charge in [0.25, 0.3) is 5.56 Å². The number of hydrogen-bond acceptors (Lipinski definition) is 4. The van der Waals surface area contributed by atoms with Gasteiger partial charge in [-0.15, -0.1) is 0 Å². The number of hydrogen-bond donors (Lipinski definition) is 2. The SMILES string of the molecule is O=c1c(NCCO)nc2c(n1CC1CCCCC1)C1(CCCC1)Cc1ccccc1-2. The summed E-state index contributed by atoms with van der Waals surface area (Å²) in [6, 6.07) is 8.59. The van der Waals surface area contributed by atoms with Crippen LogP contribution in [0.2, 0.25) is 0 Å². The van der Waals surface area contributed by atoms with E-state index in [2.05, 4.69) is 34.1 Å². The molecule has 0 radical (unpaired) electrons. The predicted molar refractivity (Wildman–Crippen MR) is 120 cm³/mol. The molecule has 1 spiro atoms. The van der Waals surface area contributed by atoms with Crippen LogP contribution in [0.4, 0.5) is 5.82 Å². The number of anilines is 1. The van der Waals surface area contributed by atoms with E-state index in [1.165, 1.54) is 61.8 Å². The Labute approximate surface area is 178 Å². The maximum atomic E-state index is 13.6. The quantitative estimate of drug-likeness (QED) is 0.777. The molecule has 1 aromatic carbocycles. The van der Waals surface area contributed by atoms with Crippen molar-refractivity contribution in [2.75, 3.05) is 18.5 Å². The summed E-state index contributed by atoms with van der Waals surface area (Å²) in [6.45, 7) is 1.14. The number of nitrogens with one attached hydrogen (secondary N) is 1. The van der Waals surface area contributed by atoms with Gasteiger partial charge in [-0.2, -0.15) is 0 Å². The summed E-state index contributed by atoms with van der Waals surface area (Å²) in [4.78, 5) is 18.5. The summed E-state index contributed by atoms with van der Waals surface area (Å²) in [7, 11) is 0. The second kappa shape index (κ2) is 8.18. The molecule has 160 valence electrons. The highest BCUT2D eigenvalue weighted by Gasteiger charge is 2.44. The van der Waals surface area contributed by atoms with E-state index in [1.807, 2.05) is 0 Å². The van der Waals surface area contributed by atoms with Gasteiger partial charge in [0.2, 0.25) is 0 Å². The Morgan fingerprint density at radius 3 is 2.63 bits per heavy atom. The molecule has 2 aromatic rings. The summed E-state index contributed by atoms with van der Waals surface area (Å²) < 4.78 is 2.11. The van der Waals surface area contributed by atoms with E-state index in [9.17, 15) is 9.90 Å². The van der Waals surface area contributed by atoms with E-state index in [4.69, 9.17) is 4.98 Å². The Hall–Kier alpha value is -2.14. The molecule has 5 nitrogen and oxygen atoms in total. The molecule has 5 rings (SSSR count). The summed E-state index contributed by atoms with van der Waals surface area (Å²) in [5, 5.41) is 12.4. The van der Waals surface area contributed by atoms with Gasteiger partial charge in [0.1, 0.15) is 0 Å². The molecular formula is C25H33N3O2. The molecule has 0 amide bonds. The van der Waals surface area contributed by atoms with Crippen LogP contribution in [0.5, 0.6) is 0 Å². The second-order valence-electron chi connectivity index (χ2n) is 9.55. The highest BCUT2D eigenvalue weighted by Crippen LogP contribution is 2.51. The molecule has 5 heteroatoms. The number of aliphatic hydroxyl groups excluding tert-OH is 1. The van der Waals surface area contributed by atoms with Crippen LogP contribution in [-0.4, -0.2) is 27.8 Å². The number of aliphatic hydroxyl groups is 1. The molecule has 0 bridgehead atoms. The average Bonchev–Trinajstić information content (AvgIpc) is 3.23. The molecule has 30 heavy (non-hydrogen) atoms. The van der Waals surface area contributed by atoms with E-state index in [-0.39, 0.29) is 17.6 Å². The first-order valence-corrected chi connectivity index (χ1v) is 11.8. The zero-order valence-corrected chi connectivity index (χ0v) is 17.8. The maximum Gasteiger partial charge on any atom is 0.293 e. The van der Waals surface area contributed by atoms with Crippen LogP contribution in [0.3, 0.4) is 0 Å². The Balaban J connectivity index is 1.71. The Morgan fingerprint density at radius 1 is 1.10 bits per heavy atom. The second-order valence-corrected chi connectivity index (χ2v) is 9.55. The molecule has 2 saturated carbocycles. The summed E-state index contributed by atoms with van der Waals surface area (Å²) in [5.41, 5.74) is 4.77. The molecule has 2 fully saturated rings. The van der Waals surface area contributed by atoms with E-state index in [0.29, 0.717) is 18.3 Å². The average molecular weight is 408 g/mol. The van der Waals surface area contributed by atoms with Gasteiger partial charge in [0.15, 0.2) is 5.82 Å². The molecule has 1 heterocycles. The van der Waals surface area contributed by atoms with Gasteiger partial charge in [-0.05, 0) is 43.6 Å².